The molecular weight excluding hydrogens is 234 g/mol. The van der Waals surface area contributed by atoms with Crippen LogP contribution in [0.3, 0.4) is 0 Å². The first-order valence-electron chi connectivity index (χ1n) is 6.33. The average molecular weight is 253 g/mol. The maximum atomic E-state index is 10.9. The third kappa shape index (κ3) is 3.04. The van der Waals surface area contributed by atoms with E-state index in [0.29, 0.717) is 19.1 Å². The summed E-state index contributed by atoms with van der Waals surface area (Å²) in [6.07, 6.45) is 2.27. The molecule has 1 aliphatic rings. The zero-order valence-electron chi connectivity index (χ0n) is 10.8. The predicted octanol–water partition coefficient (Wildman–Crippen LogP) is 0.551. The Morgan fingerprint density at radius 3 is 2.89 bits per heavy atom. The van der Waals surface area contributed by atoms with Crippen LogP contribution < -0.4 is 0 Å². The summed E-state index contributed by atoms with van der Waals surface area (Å²) in [6.45, 7) is 5.64. The molecule has 0 aromatic carbocycles. The maximum Gasteiger partial charge on any atom is 0.307 e. The highest BCUT2D eigenvalue weighted by Gasteiger charge is 2.28. The second-order valence-electron chi connectivity index (χ2n) is 4.84. The molecule has 1 fully saturated rings. The average Bonchev–Trinajstić information content (AvgIpc) is 3.09. The Labute approximate surface area is 106 Å². The van der Waals surface area contributed by atoms with Gasteiger partial charge in [-0.05, 0) is 29.8 Å². The molecule has 1 aromatic rings. The molecule has 1 aliphatic carbocycles. The Bertz CT molecular complexity index is 415. The first kappa shape index (κ1) is 12.9. The Kier molecular flexibility index (Phi) is 3.90. The number of carbonyl (C=O) groups is 1. The third-order valence-electron chi connectivity index (χ3n) is 3.22. The molecule has 2 rings (SSSR count). The van der Waals surface area contributed by atoms with Gasteiger partial charge in [0.2, 0.25) is 0 Å². The summed E-state index contributed by atoms with van der Waals surface area (Å²) < 4.78 is 1.87. The predicted molar refractivity (Wildman–Crippen MR) is 63.8 cm³/mol. The molecule has 0 amide bonds. The van der Waals surface area contributed by atoms with Gasteiger partial charge in [-0.1, -0.05) is 13.8 Å². The molecule has 0 saturated heterocycles. The molecule has 0 bridgehead atoms. The van der Waals surface area contributed by atoms with Gasteiger partial charge in [-0.15, -0.1) is 5.10 Å². The van der Waals surface area contributed by atoms with Crippen LogP contribution in [0.15, 0.2) is 0 Å². The monoisotopic (exact) mass is 253 g/mol. The van der Waals surface area contributed by atoms with Crippen LogP contribution in [0.4, 0.5) is 0 Å². The van der Waals surface area contributed by atoms with Crippen LogP contribution >= 0.6 is 0 Å². The number of carboxylic acids is 1. The smallest absolute Gasteiger partial charge is 0.307 e. The van der Waals surface area contributed by atoms with E-state index in [0.717, 1.165) is 25.2 Å². The van der Waals surface area contributed by atoms with Gasteiger partial charge in [0.05, 0.1) is 18.5 Å². The van der Waals surface area contributed by atoms with E-state index in [9.17, 15) is 4.79 Å². The quantitative estimate of drug-likeness (QED) is 0.764. The summed E-state index contributed by atoms with van der Waals surface area (Å²) in [4.78, 5) is 12.9. The van der Waals surface area contributed by atoms with Crippen molar-refractivity contribution in [1.82, 2.24) is 25.1 Å². The topological polar surface area (TPSA) is 84.1 Å². The van der Waals surface area contributed by atoms with E-state index >= 15 is 0 Å². The second-order valence-corrected chi connectivity index (χ2v) is 4.84. The van der Waals surface area contributed by atoms with E-state index in [2.05, 4.69) is 20.4 Å². The highest BCUT2D eigenvalue weighted by molar-refractivity contribution is 5.69. The van der Waals surface area contributed by atoms with Crippen LogP contribution in [-0.4, -0.2) is 49.3 Å². The van der Waals surface area contributed by atoms with Crippen LogP contribution in [0.5, 0.6) is 0 Å². The van der Waals surface area contributed by atoms with Crippen molar-refractivity contribution in [3.8, 4) is 0 Å². The summed E-state index contributed by atoms with van der Waals surface area (Å²) in [6, 6.07) is 0.450. The fraction of sp³-hybridized carbons (Fsp3) is 0.818. The maximum absolute atomic E-state index is 10.9. The zero-order chi connectivity index (χ0) is 13.1. The fourth-order valence-electron chi connectivity index (χ4n) is 1.89. The number of tetrazole rings is 1. The van der Waals surface area contributed by atoms with Gasteiger partial charge in [0.15, 0.2) is 5.82 Å². The summed E-state index contributed by atoms with van der Waals surface area (Å²) in [7, 11) is 0. The van der Waals surface area contributed by atoms with Crippen molar-refractivity contribution in [3.05, 3.63) is 5.82 Å². The molecule has 0 radical (unpaired) electrons. The lowest BCUT2D eigenvalue weighted by molar-refractivity contribution is -0.141. The van der Waals surface area contributed by atoms with Crippen molar-refractivity contribution in [1.29, 1.82) is 0 Å². The standard InChI is InChI=1S/C11H19N5O2/c1-3-15(6-8(2)11(17)18)7-10-12-13-14-16(10)9-4-5-9/h8-9H,3-7H2,1-2H3,(H,17,18). The van der Waals surface area contributed by atoms with Crippen molar-refractivity contribution in [2.45, 2.75) is 39.3 Å². The van der Waals surface area contributed by atoms with E-state index in [1.807, 2.05) is 11.6 Å². The molecule has 0 aliphatic heterocycles. The molecule has 0 spiro atoms. The van der Waals surface area contributed by atoms with Gasteiger partial charge in [-0.2, -0.15) is 0 Å². The van der Waals surface area contributed by atoms with Gasteiger partial charge in [0, 0.05) is 6.54 Å². The zero-order valence-corrected chi connectivity index (χ0v) is 10.8. The first-order chi connectivity index (χ1) is 8.61. The second kappa shape index (κ2) is 5.43. The molecular formula is C11H19N5O2. The number of hydrogen-bond acceptors (Lipinski definition) is 5. The van der Waals surface area contributed by atoms with Crippen molar-refractivity contribution >= 4 is 5.97 Å². The number of nitrogens with zero attached hydrogens (tertiary/aromatic N) is 5. The molecule has 1 N–H and O–H groups in total. The summed E-state index contributed by atoms with van der Waals surface area (Å²) in [5.41, 5.74) is 0. The van der Waals surface area contributed by atoms with Crippen molar-refractivity contribution < 1.29 is 9.90 Å². The van der Waals surface area contributed by atoms with Gasteiger partial charge in [-0.3, -0.25) is 9.69 Å². The summed E-state index contributed by atoms with van der Waals surface area (Å²) in [5, 5.41) is 20.7. The van der Waals surface area contributed by atoms with E-state index in [1.54, 1.807) is 6.92 Å². The van der Waals surface area contributed by atoms with Gasteiger partial charge in [-0.25, -0.2) is 4.68 Å². The van der Waals surface area contributed by atoms with E-state index in [4.69, 9.17) is 5.11 Å². The van der Waals surface area contributed by atoms with E-state index < -0.39 is 5.97 Å². The molecule has 1 saturated carbocycles. The minimum absolute atomic E-state index is 0.379. The normalized spacial score (nSPS) is 17.1. The Balaban J connectivity index is 1.96. The Morgan fingerprint density at radius 2 is 2.33 bits per heavy atom. The number of carboxylic acid groups (broad SMARTS) is 1. The van der Waals surface area contributed by atoms with Crippen molar-refractivity contribution in [3.63, 3.8) is 0 Å². The molecule has 1 aromatic heterocycles. The number of rotatable bonds is 7. The number of aliphatic carboxylic acids is 1. The van der Waals surface area contributed by atoms with Crippen LogP contribution in [0, 0.1) is 5.92 Å². The molecule has 18 heavy (non-hydrogen) atoms. The molecule has 1 unspecified atom stereocenters. The van der Waals surface area contributed by atoms with Crippen LogP contribution in [0.25, 0.3) is 0 Å². The highest BCUT2D eigenvalue weighted by atomic mass is 16.4. The first-order valence-corrected chi connectivity index (χ1v) is 6.33. The lowest BCUT2D eigenvalue weighted by Crippen LogP contribution is -2.32. The van der Waals surface area contributed by atoms with E-state index in [1.165, 1.54) is 0 Å². The molecule has 7 nitrogen and oxygen atoms in total. The van der Waals surface area contributed by atoms with E-state index in [-0.39, 0.29) is 5.92 Å². The van der Waals surface area contributed by atoms with Crippen molar-refractivity contribution in [2.24, 2.45) is 5.92 Å². The lowest BCUT2D eigenvalue weighted by atomic mass is 10.1. The molecule has 1 heterocycles. The van der Waals surface area contributed by atoms with Crippen LogP contribution in [0.1, 0.15) is 38.6 Å². The molecule has 1 atom stereocenters. The lowest BCUT2D eigenvalue weighted by Gasteiger charge is -2.21. The van der Waals surface area contributed by atoms with Crippen LogP contribution in [-0.2, 0) is 11.3 Å². The van der Waals surface area contributed by atoms with Crippen LogP contribution in [0.2, 0.25) is 0 Å². The third-order valence-corrected chi connectivity index (χ3v) is 3.22. The van der Waals surface area contributed by atoms with Gasteiger partial charge < -0.3 is 5.11 Å². The molecule has 100 valence electrons. The largest absolute Gasteiger partial charge is 0.481 e. The minimum atomic E-state index is -0.768. The van der Waals surface area contributed by atoms with Crippen molar-refractivity contribution in [2.75, 3.05) is 13.1 Å². The number of aromatic nitrogens is 4. The van der Waals surface area contributed by atoms with Gasteiger partial charge in [0.25, 0.3) is 0 Å². The Morgan fingerprint density at radius 1 is 1.61 bits per heavy atom. The van der Waals surface area contributed by atoms with Gasteiger partial charge >= 0.3 is 5.97 Å². The summed E-state index contributed by atoms with van der Waals surface area (Å²) >= 11 is 0. The highest BCUT2D eigenvalue weighted by Crippen LogP contribution is 2.34. The minimum Gasteiger partial charge on any atom is -0.481 e. The fourth-order valence-corrected chi connectivity index (χ4v) is 1.89. The Hall–Kier alpha value is -1.50. The summed E-state index contributed by atoms with van der Waals surface area (Å²) in [5.74, 6) is -0.317. The SMILES string of the molecule is CCN(Cc1nnnn1C1CC1)CC(C)C(=O)O. The molecule has 7 heteroatoms. The number of hydrogen-bond donors (Lipinski definition) is 1. The van der Waals surface area contributed by atoms with Gasteiger partial charge in [0.1, 0.15) is 0 Å².